The summed E-state index contributed by atoms with van der Waals surface area (Å²) >= 11 is 3.35. The Kier molecular flexibility index (Phi) is 4.93. The van der Waals surface area contributed by atoms with Crippen molar-refractivity contribution in [3.8, 4) is 0 Å². The third kappa shape index (κ3) is 4.17. The number of piperidine rings is 1. The van der Waals surface area contributed by atoms with Crippen LogP contribution in [0.15, 0.2) is 41.1 Å². The zero-order valence-electron chi connectivity index (χ0n) is 12.7. The van der Waals surface area contributed by atoms with Gasteiger partial charge in [-0.2, -0.15) is 13.2 Å². The van der Waals surface area contributed by atoms with Gasteiger partial charge in [0.25, 0.3) is 0 Å². The molecule has 2 aromatic heterocycles. The highest BCUT2D eigenvalue weighted by atomic mass is 79.9. The van der Waals surface area contributed by atoms with E-state index < -0.39 is 11.7 Å². The van der Waals surface area contributed by atoms with Crippen molar-refractivity contribution in [2.24, 2.45) is 0 Å². The van der Waals surface area contributed by atoms with Gasteiger partial charge in [-0.05, 0) is 53.0 Å². The molecule has 0 spiro atoms. The highest BCUT2D eigenvalue weighted by molar-refractivity contribution is 9.10. The summed E-state index contributed by atoms with van der Waals surface area (Å²) in [5.41, 5.74) is -0.718. The number of hydrogen-bond acceptors (Lipinski definition) is 4. The third-order valence-corrected chi connectivity index (χ3v) is 4.44. The summed E-state index contributed by atoms with van der Waals surface area (Å²) in [6.45, 7) is 1.49. The maximum Gasteiger partial charge on any atom is 0.417 e. The molecular formula is C16H16BrF3N4. The molecule has 128 valence electrons. The predicted octanol–water partition coefficient (Wildman–Crippen LogP) is 4.34. The summed E-state index contributed by atoms with van der Waals surface area (Å²) in [7, 11) is 0. The number of halogens is 4. The molecule has 0 amide bonds. The van der Waals surface area contributed by atoms with Crippen LogP contribution in [0.3, 0.4) is 0 Å². The van der Waals surface area contributed by atoms with Gasteiger partial charge < -0.3 is 10.2 Å². The van der Waals surface area contributed by atoms with Gasteiger partial charge in [-0.1, -0.05) is 0 Å². The van der Waals surface area contributed by atoms with Gasteiger partial charge in [-0.3, -0.25) is 0 Å². The van der Waals surface area contributed by atoms with E-state index in [0.717, 1.165) is 48.5 Å². The molecule has 3 heterocycles. The lowest BCUT2D eigenvalue weighted by atomic mass is 10.0. The predicted molar refractivity (Wildman–Crippen MR) is 90.0 cm³/mol. The van der Waals surface area contributed by atoms with E-state index in [0.29, 0.717) is 11.9 Å². The van der Waals surface area contributed by atoms with Crippen LogP contribution in [0.4, 0.5) is 24.8 Å². The fourth-order valence-electron chi connectivity index (χ4n) is 2.66. The van der Waals surface area contributed by atoms with Crippen molar-refractivity contribution in [3.05, 3.63) is 46.7 Å². The average molecular weight is 401 g/mol. The Hall–Kier alpha value is -1.83. The summed E-state index contributed by atoms with van der Waals surface area (Å²) in [6, 6.07) is 6.65. The molecule has 0 aromatic carbocycles. The van der Waals surface area contributed by atoms with Gasteiger partial charge in [0.05, 0.1) is 5.56 Å². The highest BCUT2D eigenvalue weighted by Gasteiger charge is 2.31. The fourth-order valence-corrected chi connectivity index (χ4v) is 2.90. The second-order valence-electron chi connectivity index (χ2n) is 5.67. The molecule has 1 aliphatic rings. The molecule has 1 saturated heterocycles. The van der Waals surface area contributed by atoms with Crippen LogP contribution in [0, 0.1) is 0 Å². The second kappa shape index (κ2) is 6.96. The topological polar surface area (TPSA) is 41.0 Å². The molecule has 1 N–H and O–H groups in total. The van der Waals surface area contributed by atoms with Crippen molar-refractivity contribution in [2.45, 2.75) is 25.1 Å². The van der Waals surface area contributed by atoms with E-state index >= 15 is 0 Å². The quantitative estimate of drug-likeness (QED) is 0.831. The molecular weight excluding hydrogens is 385 g/mol. The van der Waals surface area contributed by atoms with E-state index in [1.54, 1.807) is 6.20 Å². The minimum atomic E-state index is -4.35. The van der Waals surface area contributed by atoms with E-state index in [9.17, 15) is 13.2 Å². The van der Waals surface area contributed by atoms with Crippen molar-refractivity contribution in [1.29, 1.82) is 0 Å². The number of anilines is 2. The summed E-state index contributed by atoms with van der Waals surface area (Å²) in [4.78, 5) is 10.3. The minimum Gasteiger partial charge on any atom is -0.367 e. The van der Waals surface area contributed by atoms with Gasteiger partial charge in [0.15, 0.2) is 0 Å². The van der Waals surface area contributed by atoms with Crippen LogP contribution < -0.4 is 10.2 Å². The molecule has 0 saturated carbocycles. The van der Waals surface area contributed by atoms with Gasteiger partial charge in [0.1, 0.15) is 11.6 Å². The molecule has 2 aromatic rings. The van der Waals surface area contributed by atoms with Crippen LogP contribution in [0.5, 0.6) is 0 Å². The van der Waals surface area contributed by atoms with Crippen LogP contribution in [-0.2, 0) is 6.18 Å². The van der Waals surface area contributed by atoms with Crippen LogP contribution in [0.25, 0.3) is 0 Å². The van der Waals surface area contributed by atoms with E-state index in [1.165, 1.54) is 6.07 Å². The van der Waals surface area contributed by atoms with Gasteiger partial charge in [0.2, 0.25) is 0 Å². The Morgan fingerprint density at radius 1 is 1.04 bits per heavy atom. The molecule has 0 aliphatic carbocycles. The van der Waals surface area contributed by atoms with Crippen molar-refractivity contribution in [2.75, 3.05) is 23.3 Å². The van der Waals surface area contributed by atoms with Crippen molar-refractivity contribution >= 4 is 27.6 Å². The highest BCUT2D eigenvalue weighted by Crippen LogP contribution is 2.30. The zero-order valence-corrected chi connectivity index (χ0v) is 14.3. The Labute approximate surface area is 146 Å². The first-order chi connectivity index (χ1) is 11.4. The normalized spacial score (nSPS) is 16.2. The smallest absolute Gasteiger partial charge is 0.367 e. The van der Waals surface area contributed by atoms with Crippen molar-refractivity contribution in [1.82, 2.24) is 9.97 Å². The van der Waals surface area contributed by atoms with E-state index in [2.05, 4.69) is 31.2 Å². The van der Waals surface area contributed by atoms with Gasteiger partial charge in [-0.15, -0.1) is 0 Å². The first kappa shape index (κ1) is 17.0. The number of nitrogens with one attached hydrogen (secondary N) is 1. The monoisotopic (exact) mass is 400 g/mol. The van der Waals surface area contributed by atoms with Gasteiger partial charge in [0, 0.05) is 36.0 Å². The molecule has 3 rings (SSSR count). The summed E-state index contributed by atoms with van der Waals surface area (Å²) < 4.78 is 38.6. The largest absolute Gasteiger partial charge is 0.417 e. The standard InChI is InChI=1S/C16H16BrF3N4/c17-12-2-3-14(21-10-12)23-13-5-7-24(8-6-13)15-4-1-11(9-22-15)16(18,19)20/h1-4,9-10,13H,5-8H2,(H,21,23). The number of pyridine rings is 2. The average Bonchev–Trinajstić information content (AvgIpc) is 2.57. The Morgan fingerprint density at radius 2 is 1.79 bits per heavy atom. The Bertz CT molecular complexity index is 665. The van der Waals surface area contributed by atoms with Gasteiger partial charge >= 0.3 is 6.18 Å². The number of rotatable bonds is 3. The lowest BCUT2D eigenvalue weighted by Gasteiger charge is -2.33. The van der Waals surface area contributed by atoms with Crippen LogP contribution in [-0.4, -0.2) is 29.1 Å². The number of alkyl halides is 3. The Morgan fingerprint density at radius 3 is 2.33 bits per heavy atom. The summed E-state index contributed by atoms with van der Waals surface area (Å²) in [6.07, 6.45) is 0.0377. The molecule has 0 unspecified atom stereocenters. The minimum absolute atomic E-state index is 0.296. The van der Waals surface area contributed by atoms with Crippen molar-refractivity contribution < 1.29 is 13.2 Å². The molecule has 1 aliphatic heterocycles. The zero-order chi connectivity index (χ0) is 17.2. The molecule has 24 heavy (non-hydrogen) atoms. The maximum absolute atomic E-state index is 12.6. The summed E-state index contributed by atoms with van der Waals surface area (Å²) in [5.74, 6) is 1.41. The van der Waals surface area contributed by atoms with Crippen molar-refractivity contribution in [3.63, 3.8) is 0 Å². The molecule has 4 nitrogen and oxygen atoms in total. The van der Waals surface area contributed by atoms with Crippen LogP contribution >= 0.6 is 15.9 Å². The molecule has 0 bridgehead atoms. The fraction of sp³-hybridized carbons (Fsp3) is 0.375. The SMILES string of the molecule is FC(F)(F)c1ccc(N2CCC(Nc3ccc(Br)cn3)CC2)nc1. The first-order valence-corrected chi connectivity index (χ1v) is 8.37. The second-order valence-corrected chi connectivity index (χ2v) is 6.59. The molecule has 0 atom stereocenters. The first-order valence-electron chi connectivity index (χ1n) is 7.58. The molecule has 0 radical (unpaired) electrons. The molecule has 1 fully saturated rings. The van der Waals surface area contributed by atoms with Gasteiger partial charge in [-0.25, -0.2) is 9.97 Å². The van der Waals surface area contributed by atoms with Crippen LogP contribution in [0.1, 0.15) is 18.4 Å². The number of aromatic nitrogens is 2. The van der Waals surface area contributed by atoms with Crippen LogP contribution in [0.2, 0.25) is 0 Å². The number of nitrogens with zero attached hydrogens (tertiary/aromatic N) is 3. The van der Waals surface area contributed by atoms with E-state index in [4.69, 9.17) is 0 Å². The Balaban J connectivity index is 1.56. The van der Waals surface area contributed by atoms with E-state index in [1.807, 2.05) is 17.0 Å². The van der Waals surface area contributed by atoms with E-state index in [-0.39, 0.29) is 0 Å². The summed E-state index contributed by atoms with van der Waals surface area (Å²) in [5, 5.41) is 3.38. The maximum atomic E-state index is 12.6. The third-order valence-electron chi connectivity index (χ3n) is 3.97. The lowest BCUT2D eigenvalue weighted by Crippen LogP contribution is -2.39. The number of hydrogen-bond donors (Lipinski definition) is 1. The molecule has 8 heteroatoms. The lowest BCUT2D eigenvalue weighted by molar-refractivity contribution is -0.137.